The summed E-state index contributed by atoms with van der Waals surface area (Å²) in [6.07, 6.45) is 5.06. The van der Waals surface area contributed by atoms with Crippen molar-refractivity contribution < 1.29 is 85.3 Å². The molecule has 2 atom stereocenters. The Bertz CT molecular complexity index is 4750. The Morgan fingerprint density at radius 3 is 1.42 bits per heavy atom. The summed E-state index contributed by atoms with van der Waals surface area (Å²) < 4.78 is 12.4. The number of carbonyl (C=O) groups excluding carboxylic acids is 1. The van der Waals surface area contributed by atoms with Crippen LogP contribution in [0.25, 0.3) is 11.1 Å². The molecular weight excluding hydrogens is 1780 g/mol. The summed E-state index contributed by atoms with van der Waals surface area (Å²) >= 11 is 6.89. The van der Waals surface area contributed by atoms with Crippen molar-refractivity contribution in [2.45, 2.75) is 70.6 Å². The van der Waals surface area contributed by atoms with Crippen LogP contribution < -0.4 is 54.2 Å². The molecule has 0 saturated heterocycles. The summed E-state index contributed by atoms with van der Waals surface area (Å²) in [5.74, 6) is 2.67. The van der Waals surface area contributed by atoms with E-state index in [4.69, 9.17) is 69.3 Å². The number of nitrogens with one attached hydrogen (secondary N) is 4. The summed E-state index contributed by atoms with van der Waals surface area (Å²) in [5.41, 5.74) is 39.1. The minimum Gasteiger partial charge on any atom is -0.497 e. The number of nitrogens with zero attached hydrogens (tertiary/aromatic N) is 5. The number of hydrogen-bond donors (Lipinski definition) is 11. The number of para-hydroxylation sites is 5. The zero-order valence-corrected chi connectivity index (χ0v) is 69.7. The largest absolute Gasteiger partial charge is 0.497 e. The van der Waals surface area contributed by atoms with Crippen LogP contribution in [0.5, 0.6) is 11.5 Å². The zero-order valence-electron chi connectivity index (χ0n) is 60.0. The summed E-state index contributed by atoms with van der Waals surface area (Å²) in [6, 6.07) is 76.4. The van der Waals surface area contributed by atoms with Crippen LogP contribution in [0.3, 0.4) is 0 Å². The first-order chi connectivity index (χ1) is 50.1. The van der Waals surface area contributed by atoms with Gasteiger partial charge in [-0.3, -0.25) is 31.0 Å². The predicted octanol–water partition coefficient (Wildman–Crippen LogP) is 14.4. The normalized spacial score (nSPS) is 13.4. The number of halogens is 2. The fraction of sp³-hybridized carbons (Fsp3) is 0.165. The van der Waals surface area contributed by atoms with E-state index in [1.807, 2.05) is 91.0 Å². The Labute approximate surface area is 690 Å². The maximum atomic E-state index is 10.7. The van der Waals surface area contributed by atoms with Crippen LogP contribution in [0.1, 0.15) is 86.0 Å². The third-order valence-corrected chi connectivity index (χ3v) is 16.9. The van der Waals surface area contributed by atoms with Gasteiger partial charge >= 0.3 is 7.12 Å². The molecule has 0 saturated carbocycles. The molecule has 2 heterocycles. The number of anilines is 3. The molecule has 2 unspecified atom stereocenters. The molecule has 10 aromatic rings. The zero-order chi connectivity index (χ0) is 76.6. The van der Waals surface area contributed by atoms with Gasteiger partial charge < -0.3 is 63.6 Å². The molecule has 2 aliphatic rings. The average molecular weight is 1870 g/mol. The smallest absolute Gasteiger partial charge is 0.488 e. The summed E-state index contributed by atoms with van der Waals surface area (Å²) in [7, 11) is 1.80. The van der Waals surface area contributed by atoms with Crippen LogP contribution in [0.4, 0.5) is 28.4 Å². The van der Waals surface area contributed by atoms with Crippen molar-refractivity contribution >= 4 is 115 Å². The van der Waals surface area contributed by atoms with Crippen LogP contribution in [-0.4, -0.2) is 81.7 Å². The van der Waals surface area contributed by atoms with Gasteiger partial charge in [-0.25, -0.2) is 9.98 Å². The van der Waals surface area contributed by atoms with Gasteiger partial charge in [0.15, 0.2) is 0 Å². The molecule has 0 bridgehead atoms. The monoisotopic (exact) mass is 1870 g/mol. The van der Waals surface area contributed by atoms with E-state index in [0.717, 1.165) is 74.9 Å². The molecule has 2 aliphatic heterocycles. The van der Waals surface area contributed by atoms with E-state index < -0.39 is 22.6 Å². The van der Waals surface area contributed by atoms with Gasteiger partial charge in [-0.15, -0.1) is 0 Å². The second kappa shape index (κ2) is 46.2. The number of nitro benzene ring substituents is 2. The number of aryl methyl sites for hydroxylation is 3. The number of nitriles is 1. The molecule has 0 fully saturated rings. The van der Waals surface area contributed by atoms with Crippen LogP contribution >= 0.6 is 45.4 Å². The third-order valence-electron chi connectivity index (χ3n) is 15.9. The molecule has 16 N–H and O–H groups in total. The molecule has 10 aromatic carbocycles. The van der Waals surface area contributed by atoms with E-state index in [0.29, 0.717) is 40.6 Å². The second-order valence-corrected chi connectivity index (χ2v) is 25.8. The van der Waals surface area contributed by atoms with Gasteiger partial charge in [0, 0.05) is 112 Å². The number of ketones is 1. The van der Waals surface area contributed by atoms with E-state index in [2.05, 4.69) is 122 Å². The number of hydrogen-bond acceptors (Lipinski definition) is 19. The molecular formula is C79H87BBr2N14O9SUV. The van der Waals surface area contributed by atoms with Gasteiger partial charge in [-0.05, 0) is 183 Å². The molecule has 0 aliphatic carbocycles. The van der Waals surface area contributed by atoms with Crippen molar-refractivity contribution in [3.05, 3.63) is 316 Å². The standard InChI is InChI=1S/C24H25N3O.C17H18BrN3.C10H11BrO.C7H9BO3.C7H7N3O2.C7H9N3.C7H4N2O2.H2S.U.V.H2/c1-24(26-22-12-4-3-11-21(22)23(25)27-24)14-13-17-7-5-8-18(15-17)19-9-6-10-20(16-19)28-2;1-17(10-9-12-5-4-6-13(18)11-12)20-15-8-3-2-7-14(15)16(19)21-17;1-8(12)5-6-9-3-2-4-10(11)7-9;1-11-7-4-2-3-6(5-7)8(9)10;8-7(9)5-3-1-2-4-6(5)10(11)12;8-6-4-2-1-3-5(6)7(9)10;8-5-6-3-1-2-4-7(6)9(10)11;;;;/h3-12,15-16,26H,13-14H2,1-2H3,(H2,25,27);2-8,11,20H,9-10H2,1H3,(H2,19,21);2-4,7H,5-6H2,1H3;2-5,9-10H,1H3;1-4H,(H3,8,9);1-4H,8H2,(H3,9,10);1-4H;1H2;;;1H/i;;;;;;;;;;1+2. The number of Topliss-reactive ketones (excluding diaryl/α,β-unsaturated/α-hetero) is 1. The van der Waals surface area contributed by atoms with Gasteiger partial charge in [-0.2, -0.15) is 18.8 Å². The fourth-order valence-corrected chi connectivity index (χ4v) is 11.4. The van der Waals surface area contributed by atoms with E-state index in [-0.39, 0.29) is 110 Å². The summed E-state index contributed by atoms with van der Waals surface area (Å²) in [4.78, 5) is 39.6. The van der Waals surface area contributed by atoms with Crippen molar-refractivity contribution in [2.75, 3.05) is 30.6 Å². The first-order valence-corrected chi connectivity index (χ1v) is 34.3. The summed E-state index contributed by atoms with van der Waals surface area (Å²) in [6.45, 7) is 5.81. The van der Waals surface area contributed by atoms with Gasteiger partial charge in [0.2, 0.25) is 0 Å². The Morgan fingerprint density at radius 1 is 0.574 bits per heavy atom. The molecule has 12 rings (SSSR count). The van der Waals surface area contributed by atoms with Crippen LogP contribution in [0.2, 0.25) is 0 Å². The maximum absolute atomic E-state index is 10.7. The number of carbonyl (C=O) groups is 1. The Hall–Kier alpha value is -10.0. The number of nitro groups is 2. The Kier molecular flexibility index (Phi) is 39.5. The number of nitrogens with two attached hydrogens (primary N) is 5. The Morgan fingerprint density at radius 2 is 0.981 bits per heavy atom. The minimum absolute atomic E-state index is 0. The van der Waals surface area contributed by atoms with Crippen molar-refractivity contribution in [3.63, 3.8) is 0 Å². The summed E-state index contributed by atoms with van der Waals surface area (Å²) in [5, 5.41) is 67.7. The van der Waals surface area contributed by atoms with Gasteiger partial charge in [0.1, 0.15) is 63.6 Å². The van der Waals surface area contributed by atoms with Crippen LogP contribution in [0.15, 0.2) is 262 Å². The molecule has 108 heavy (non-hydrogen) atoms. The molecule has 0 amide bonds. The number of ether oxygens (including phenoxy) is 2. The predicted molar refractivity (Wildman–Crippen MR) is 440 cm³/mol. The molecule has 0 spiro atoms. The van der Waals surface area contributed by atoms with Gasteiger partial charge in [0.05, 0.1) is 29.6 Å². The Balaban J connectivity index is 0.000000446. The number of aliphatic imine (C=N–C) groups is 2. The molecule has 23 nitrogen and oxygen atoms in total. The van der Waals surface area contributed by atoms with Crippen molar-refractivity contribution in [1.82, 2.24) is 0 Å². The maximum Gasteiger partial charge on any atom is 0.488 e. The fourth-order valence-electron chi connectivity index (χ4n) is 10.5. The molecule has 1 radical (unpaired) electrons. The van der Waals surface area contributed by atoms with E-state index in [1.165, 1.54) is 65.8 Å². The number of benzene rings is 10. The van der Waals surface area contributed by atoms with E-state index in [9.17, 15) is 25.0 Å². The van der Waals surface area contributed by atoms with Gasteiger partial charge in [0.25, 0.3) is 11.4 Å². The first kappa shape index (κ1) is 92.2. The number of rotatable bonds is 17. The minimum atomic E-state index is -1.43. The molecule has 0 aromatic heterocycles. The van der Waals surface area contributed by atoms with Crippen molar-refractivity contribution in [3.8, 4) is 28.7 Å². The average Bonchev–Trinajstić information content (AvgIpc) is 0.794. The number of amidine groups is 4. The van der Waals surface area contributed by atoms with E-state index >= 15 is 0 Å². The number of fused-ring (bicyclic) bond motifs is 2. The third kappa shape index (κ3) is 30.0. The van der Waals surface area contributed by atoms with Crippen molar-refractivity contribution in [2.24, 2.45) is 32.9 Å². The number of methoxy groups -OCH3 is 2. The quantitative estimate of drug-likeness (QED) is 0.0101. The SMILES string of the molecule is CC(=O)CCc1cccc(Br)c1.CC1(CCc2cccc(Br)c2)N=C(N)c2ccccc2N1.COc1cccc(-c2cccc(CCC3(C)N=C(N)c4ccccc4N3)c2)c1.COc1cccc(B(O)O)c1.N#Cc1ccccc1[N+](=O)[O-].N=C(N)c1ccccc1N.N=C(N)c1ccccc1[N+](=O)[O-].S.[3HH].[U].[V]. The molecule has 559 valence electrons. The van der Waals surface area contributed by atoms with Gasteiger partial charge in [-0.1, -0.05) is 165 Å². The van der Waals surface area contributed by atoms with Crippen molar-refractivity contribution in [1.29, 1.82) is 16.1 Å². The first-order valence-electron chi connectivity index (χ1n) is 32.7. The van der Waals surface area contributed by atoms with Crippen LogP contribution in [0, 0.1) is 73.5 Å². The topological polar surface area (TPSA) is 413 Å². The number of nitrogen functional groups attached to an aromatic ring is 3. The molecule has 29 heteroatoms. The van der Waals surface area contributed by atoms with E-state index in [1.54, 1.807) is 74.7 Å². The van der Waals surface area contributed by atoms with Crippen LogP contribution in [-0.2, 0) is 42.6 Å². The second-order valence-electron chi connectivity index (χ2n) is 24.0.